The van der Waals surface area contributed by atoms with E-state index in [1.54, 1.807) is 17.0 Å². The van der Waals surface area contributed by atoms with E-state index in [1.807, 2.05) is 0 Å². The highest BCUT2D eigenvalue weighted by Crippen LogP contribution is 2.40. The van der Waals surface area contributed by atoms with Gasteiger partial charge in [0.05, 0.1) is 19.8 Å². The predicted octanol–water partition coefficient (Wildman–Crippen LogP) is 1.18. The number of carbonyl (C=O) groups excluding carboxylic acids is 3. The number of rotatable bonds is 9. The van der Waals surface area contributed by atoms with Crippen molar-refractivity contribution in [2.24, 2.45) is 0 Å². The standard InChI is InChI=1S/C25H28F2N4O4/c26-18-5-1-16(2-6-18)20-13-21(20)28-15-23(32)29-14-22(25(34)31-9-11-35-12-10-31)30-24(33)17-3-7-19(27)8-4-17/h1-8,20-22,28H,9-15H2,(H,29,32)(H,30,33)/t20-,21+,22?/m0/s1. The number of nitrogens with one attached hydrogen (secondary N) is 3. The number of halogens is 2. The lowest BCUT2D eigenvalue weighted by atomic mass is 10.1. The molecule has 0 bridgehead atoms. The maximum Gasteiger partial charge on any atom is 0.251 e. The van der Waals surface area contributed by atoms with Crippen LogP contribution in [0.1, 0.15) is 28.3 Å². The molecule has 0 radical (unpaired) electrons. The molecule has 2 aromatic rings. The van der Waals surface area contributed by atoms with Crippen LogP contribution in [0.2, 0.25) is 0 Å². The molecule has 10 heteroatoms. The summed E-state index contributed by atoms with van der Waals surface area (Å²) in [5.41, 5.74) is 1.23. The van der Waals surface area contributed by atoms with Crippen LogP contribution in [0.25, 0.3) is 0 Å². The molecule has 0 spiro atoms. The molecule has 186 valence electrons. The molecule has 4 rings (SSSR count). The van der Waals surface area contributed by atoms with Crippen molar-refractivity contribution in [2.45, 2.75) is 24.4 Å². The molecule has 1 aliphatic heterocycles. The fourth-order valence-electron chi connectivity index (χ4n) is 4.05. The Morgan fingerprint density at radius 1 is 0.971 bits per heavy atom. The molecular weight excluding hydrogens is 458 g/mol. The van der Waals surface area contributed by atoms with Crippen molar-refractivity contribution < 1.29 is 27.9 Å². The van der Waals surface area contributed by atoms with Crippen LogP contribution in [0.5, 0.6) is 0 Å². The molecule has 8 nitrogen and oxygen atoms in total. The molecule has 0 aromatic heterocycles. The van der Waals surface area contributed by atoms with E-state index in [2.05, 4.69) is 16.0 Å². The minimum atomic E-state index is -0.984. The van der Waals surface area contributed by atoms with Gasteiger partial charge in [-0.25, -0.2) is 8.78 Å². The molecule has 3 N–H and O–H groups in total. The molecule has 3 amide bonds. The van der Waals surface area contributed by atoms with E-state index in [-0.39, 0.29) is 48.2 Å². The maximum absolute atomic E-state index is 13.2. The highest BCUT2D eigenvalue weighted by Gasteiger charge is 2.38. The lowest BCUT2D eigenvalue weighted by Gasteiger charge is -2.30. The van der Waals surface area contributed by atoms with Gasteiger partial charge in [0, 0.05) is 37.2 Å². The molecule has 2 aliphatic rings. The van der Waals surface area contributed by atoms with Gasteiger partial charge in [-0.1, -0.05) is 12.1 Å². The Kier molecular flexibility index (Phi) is 8.04. The zero-order valence-corrected chi connectivity index (χ0v) is 19.1. The molecule has 35 heavy (non-hydrogen) atoms. The van der Waals surface area contributed by atoms with Gasteiger partial charge in [-0.2, -0.15) is 0 Å². The van der Waals surface area contributed by atoms with Gasteiger partial charge in [-0.15, -0.1) is 0 Å². The molecule has 1 unspecified atom stereocenters. The van der Waals surface area contributed by atoms with Crippen LogP contribution in [0.3, 0.4) is 0 Å². The van der Waals surface area contributed by atoms with Crippen molar-refractivity contribution in [3.63, 3.8) is 0 Å². The number of ether oxygens (including phenoxy) is 1. The second-order valence-corrected chi connectivity index (χ2v) is 8.66. The van der Waals surface area contributed by atoms with Crippen LogP contribution in [-0.4, -0.2) is 74.1 Å². The van der Waals surface area contributed by atoms with Crippen LogP contribution < -0.4 is 16.0 Å². The Hall–Kier alpha value is -3.37. The van der Waals surface area contributed by atoms with E-state index in [9.17, 15) is 23.2 Å². The van der Waals surface area contributed by atoms with Crippen molar-refractivity contribution in [3.8, 4) is 0 Å². The number of amides is 3. The first-order chi connectivity index (χ1) is 16.9. The summed E-state index contributed by atoms with van der Waals surface area (Å²) in [6.07, 6.45) is 0.852. The van der Waals surface area contributed by atoms with E-state index in [4.69, 9.17) is 4.74 Å². The smallest absolute Gasteiger partial charge is 0.251 e. The van der Waals surface area contributed by atoms with Crippen LogP contribution in [0.15, 0.2) is 48.5 Å². The summed E-state index contributed by atoms with van der Waals surface area (Å²) in [5.74, 6) is -1.70. The fraction of sp³-hybridized carbons (Fsp3) is 0.400. The Morgan fingerprint density at radius 2 is 1.60 bits per heavy atom. The van der Waals surface area contributed by atoms with Crippen LogP contribution in [0, 0.1) is 11.6 Å². The lowest BCUT2D eigenvalue weighted by Crippen LogP contribution is -2.56. The average Bonchev–Trinajstić information content (AvgIpc) is 3.66. The summed E-state index contributed by atoms with van der Waals surface area (Å²) in [7, 11) is 0. The van der Waals surface area contributed by atoms with Gasteiger partial charge in [-0.05, 0) is 48.4 Å². The summed E-state index contributed by atoms with van der Waals surface area (Å²) in [4.78, 5) is 39.7. The Labute approximate surface area is 202 Å². The van der Waals surface area contributed by atoms with Crippen molar-refractivity contribution in [2.75, 3.05) is 39.4 Å². The van der Waals surface area contributed by atoms with E-state index in [0.717, 1.165) is 24.1 Å². The Bertz CT molecular complexity index is 1040. The topological polar surface area (TPSA) is 99.8 Å². The van der Waals surface area contributed by atoms with Gasteiger partial charge in [0.2, 0.25) is 11.8 Å². The van der Waals surface area contributed by atoms with E-state index in [1.165, 1.54) is 24.3 Å². The van der Waals surface area contributed by atoms with Crippen molar-refractivity contribution >= 4 is 17.7 Å². The molecule has 1 heterocycles. The number of benzene rings is 2. The number of morpholine rings is 1. The monoisotopic (exact) mass is 486 g/mol. The zero-order valence-electron chi connectivity index (χ0n) is 19.1. The SMILES string of the molecule is O=C(CN[C@@H]1C[C@H]1c1ccc(F)cc1)NCC(NC(=O)c1ccc(F)cc1)C(=O)N1CCOCC1. The van der Waals surface area contributed by atoms with Crippen molar-refractivity contribution in [1.82, 2.24) is 20.9 Å². The van der Waals surface area contributed by atoms with Gasteiger partial charge in [0.15, 0.2) is 0 Å². The third kappa shape index (κ3) is 6.83. The van der Waals surface area contributed by atoms with Crippen LogP contribution in [0.4, 0.5) is 8.78 Å². The van der Waals surface area contributed by atoms with Gasteiger partial charge >= 0.3 is 0 Å². The summed E-state index contributed by atoms with van der Waals surface area (Å²) in [6.45, 7) is 1.55. The molecule has 2 fully saturated rings. The summed E-state index contributed by atoms with van der Waals surface area (Å²) < 4.78 is 31.6. The third-order valence-corrected chi connectivity index (χ3v) is 6.15. The molecule has 1 saturated carbocycles. The number of nitrogens with zero attached hydrogens (tertiary/aromatic N) is 1. The van der Waals surface area contributed by atoms with Gasteiger partial charge in [0.25, 0.3) is 5.91 Å². The normalized spacial score (nSPS) is 20.1. The quantitative estimate of drug-likeness (QED) is 0.495. The number of hydrogen-bond donors (Lipinski definition) is 3. The number of carbonyl (C=O) groups is 3. The van der Waals surface area contributed by atoms with Gasteiger partial charge in [0.1, 0.15) is 17.7 Å². The van der Waals surface area contributed by atoms with Gasteiger partial charge < -0.3 is 25.6 Å². The maximum atomic E-state index is 13.2. The number of hydrogen-bond acceptors (Lipinski definition) is 5. The molecular formula is C25H28F2N4O4. The Balaban J connectivity index is 1.29. The van der Waals surface area contributed by atoms with Crippen LogP contribution >= 0.6 is 0 Å². The first-order valence-corrected chi connectivity index (χ1v) is 11.6. The van der Waals surface area contributed by atoms with Crippen LogP contribution in [-0.2, 0) is 14.3 Å². The van der Waals surface area contributed by atoms with E-state index < -0.39 is 17.8 Å². The van der Waals surface area contributed by atoms with Crippen molar-refractivity contribution in [1.29, 1.82) is 0 Å². The van der Waals surface area contributed by atoms with Gasteiger partial charge in [-0.3, -0.25) is 14.4 Å². The summed E-state index contributed by atoms with van der Waals surface area (Å²) >= 11 is 0. The fourth-order valence-corrected chi connectivity index (χ4v) is 4.05. The molecule has 1 saturated heterocycles. The molecule has 1 aliphatic carbocycles. The third-order valence-electron chi connectivity index (χ3n) is 6.15. The second kappa shape index (κ2) is 11.4. The first kappa shape index (κ1) is 24.7. The lowest BCUT2D eigenvalue weighted by molar-refractivity contribution is -0.137. The van der Waals surface area contributed by atoms with E-state index >= 15 is 0 Å². The Morgan fingerprint density at radius 3 is 2.26 bits per heavy atom. The minimum Gasteiger partial charge on any atom is -0.378 e. The molecule has 3 atom stereocenters. The van der Waals surface area contributed by atoms with Crippen molar-refractivity contribution in [3.05, 3.63) is 71.3 Å². The predicted molar refractivity (Wildman–Crippen MR) is 124 cm³/mol. The highest BCUT2D eigenvalue weighted by molar-refractivity contribution is 5.97. The largest absolute Gasteiger partial charge is 0.378 e. The highest BCUT2D eigenvalue weighted by atomic mass is 19.1. The summed E-state index contributed by atoms with van der Waals surface area (Å²) in [6, 6.07) is 10.5. The zero-order chi connectivity index (χ0) is 24.8. The molecule has 2 aromatic carbocycles. The van der Waals surface area contributed by atoms with E-state index in [0.29, 0.717) is 26.3 Å². The minimum absolute atomic E-state index is 0.0483. The average molecular weight is 487 g/mol. The summed E-state index contributed by atoms with van der Waals surface area (Å²) in [5, 5.41) is 8.53. The first-order valence-electron chi connectivity index (χ1n) is 11.6. The second-order valence-electron chi connectivity index (χ2n) is 8.66.